The van der Waals surface area contributed by atoms with E-state index in [0.29, 0.717) is 0 Å². The third-order valence-corrected chi connectivity index (χ3v) is 17.1. The first-order valence-electron chi connectivity index (χ1n) is 26.6. The molecule has 5 aliphatic rings. The molecule has 0 saturated heterocycles. The van der Waals surface area contributed by atoms with Crippen molar-refractivity contribution in [3.8, 4) is 45.3 Å². The smallest absolute Gasteiger partial charge is 0.256 e. The minimum absolute atomic E-state index is 0.173. The van der Waals surface area contributed by atoms with E-state index in [4.69, 9.17) is 18.3 Å². The molecular formula is C68H48B2N2O4. The Balaban J connectivity index is 1.10. The Bertz CT molecular complexity index is 4300. The summed E-state index contributed by atoms with van der Waals surface area (Å²) in [7, 11) is 0. The highest BCUT2D eigenvalue weighted by molar-refractivity contribution is 7.04. The number of furan rings is 2. The lowest BCUT2D eigenvalue weighted by molar-refractivity contribution is 0.466. The number of ether oxygens (including phenoxy) is 2. The number of hydrogen-bond acceptors (Lipinski definition) is 6. The van der Waals surface area contributed by atoms with Crippen LogP contribution in [0.1, 0.15) is 52.7 Å². The summed E-state index contributed by atoms with van der Waals surface area (Å²) in [6.45, 7) is 13.4. The van der Waals surface area contributed by atoms with Crippen LogP contribution in [0, 0.1) is 0 Å². The molecule has 8 heteroatoms. The lowest BCUT2D eigenvalue weighted by atomic mass is 9.29. The lowest BCUT2D eigenvalue weighted by Crippen LogP contribution is -2.68. The van der Waals surface area contributed by atoms with Crippen LogP contribution in [0.4, 0.5) is 34.1 Å². The van der Waals surface area contributed by atoms with Gasteiger partial charge in [-0.1, -0.05) is 181 Å². The highest BCUT2D eigenvalue weighted by Crippen LogP contribution is 2.62. The van der Waals surface area contributed by atoms with Gasteiger partial charge in [-0.2, -0.15) is 0 Å². The van der Waals surface area contributed by atoms with Gasteiger partial charge in [0, 0.05) is 50.1 Å². The number of nitrogens with zero attached hydrogens (tertiary/aromatic N) is 2. The Morgan fingerprint density at radius 3 is 1.24 bits per heavy atom. The second kappa shape index (κ2) is 14.5. The van der Waals surface area contributed by atoms with Gasteiger partial charge in [0.2, 0.25) is 0 Å². The normalized spacial score (nSPS) is 14.3. The second-order valence-corrected chi connectivity index (χ2v) is 23.5. The van der Waals surface area contributed by atoms with E-state index < -0.39 is 0 Å². The monoisotopic (exact) mass is 978 g/mol. The van der Waals surface area contributed by atoms with Crippen LogP contribution in [0.15, 0.2) is 191 Å². The fraction of sp³-hybridized carbons (Fsp3) is 0.118. The van der Waals surface area contributed by atoms with E-state index in [0.717, 1.165) is 145 Å². The molecule has 10 aromatic carbocycles. The molecule has 0 bridgehead atoms. The molecule has 0 radical (unpaired) electrons. The predicted molar refractivity (Wildman–Crippen MR) is 315 cm³/mol. The van der Waals surface area contributed by atoms with E-state index in [9.17, 15) is 0 Å². The van der Waals surface area contributed by atoms with Crippen molar-refractivity contribution in [1.82, 2.24) is 0 Å². The van der Waals surface area contributed by atoms with E-state index in [1.807, 2.05) is 0 Å². The fourth-order valence-electron chi connectivity index (χ4n) is 13.6. The summed E-state index contributed by atoms with van der Waals surface area (Å²) in [4.78, 5) is 5.06. The average molecular weight is 979 g/mol. The molecule has 0 N–H and O–H groups in total. The van der Waals surface area contributed by atoms with Crippen molar-refractivity contribution in [3.05, 3.63) is 193 Å². The van der Waals surface area contributed by atoms with Crippen LogP contribution in [0.3, 0.4) is 0 Å². The van der Waals surface area contributed by atoms with Gasteiger partial charge in [-0.25, -0.2) is 0 Å². The van der Waals surface area contributed by atoms with Crippen LogP contribution in [-0.2, 0) is 10.8 Å². The van der Waals surface area contributed by atoms with E-state index in [1.165, 1.54) is 22.1 Å². The zero-order valence-corrected chi connectivity index (χ0v) is 43.0. The van der Waals surface area contributed by atoms with Gasteiger partial charge < -0.3 is 28.1 Å². The zero-order chi connectivity index (χ0) is 50.7. The number of para-hydroxylation sites is 3. The van der Waals surface area contributed by atoms with Crippen molar-refractivity contribution in [2.24, 2.45) is 0 Å². The molecule has 0 atom stereocenters. The minimum atomic E-state index is -0.245. The molecule has 5 aliphatic heterocycles. The summed E-state index contributed by atoms with van der Waals surface area (Å²) in [5.41, 5.74) is 23.1. The average Bonchev–Trinajstić information content (AvgIpc) is 3.83. The van der Waals surface area contributed by atoms with Crippen molar-refractivity contribution >= 4 is 124 Å². The largest absolute Gasteiger partial charge is 0.458 e. The topological polar surface area (TPSA) is 51.2 Å². The molecule has 0 aliphatic carbocycles. The maximum absolute atomic E-state index is 7.65. The highest BCUT2D eigenvalue weighted by Gasteiger charge is 2.56. The highest BCUT2D eigenvalue weighted by atomic mass is 16.5. The molecule has 0 amide bonds. The molecule has 0 fully saturated rings. The van der Waals surface area contributed by atoms with Crippen molar-refractivity contribution in [3.63, 3.8) is 0 Å². The third-order valence-electron chi connectivity index (χ3n) is 17.1. The van der Waals surface area contributed by atoms with Gasteiger partial charge in [-0.05, 0) is 102 Å². The maximum Gasteiger partial charge on any atom is 0.256 e. The first kappa shape index (κ1) is 42.5. The van der Waals surface area contributed by atoms with E-state index in [1.54, 1.807) is 0 Å². The Labute approximate surface area is 440 Å². The van der Waals surface area contributed by atoms with Gasteiger partial charge in [-0.15, -0.1) is 0 Å². The molecule has 76 heavy (non-hydrogen) atoms. The lowest BCUT2D eigenvalue weighted by Gasteiger charge is -2.51. The number of fused-ring (bicyclic) bond motifs is 14. The molecular weight excluding hydrogens is 930 g/mol. The number of benzene rings is 10. The molecule has 12 aromatic rings. The Hall–Kier alpha value is -8.87. The van der Waals surface area contributed by atoms with Crippen molar-refractivity contribution in [2.45, 2.75) is 52.4 Å². The SMILES string of the molecule is CC(C)(C)c1cc2c(c(-c3ccccc3)c1)Oc1cc3c4c5c1B2c1cc2c(oc6ccccc62)c2c1N5c1c(cc5c(oc6ccccc65)c1N2c1ccccc1)B4c1cc(C(C)(C)C)cc(-c2ccccc2)c1O3. The summed E-state index contributed by atoms with van der Waals surface area (Å²) >= 11 is 0. The van der Waals surface area contributed by atoms with Gasteiger partial charge >= 0.3 is 0 Å². The summed E-state index contributed by atoms with van der Waals surface area (Å²) in [5.74, 6) is 3.33. The van der Waals surface area contributed by atoms with Crippen LogP contribution >= 0.6 is 0 Å². The zero-order valence-electron chi connectivity index (χ0n) is 43.0. The summed E-state index contributed by atoms with van der Waals surface area (Å²) in [6.07, 6.45) is 0. The van der Waals surface area contributed by atoms with Crippen LogP contribution in [-0.4, -0.2) is 13.4 Å². The standard InChI is InChI=1S/C68H48B2N2O4/c1-67(2,3)39-30-44(37-20-10-7-11-21-37)63-50(32-39)69-48-34-46-42-26-16-18-28-52(42)73-65(46)61-58(48)72-59-49(35-47-43-27-17-19-29-53(43)74-66(47)62(59)71(61)41-24-14-9-15-25-41)70-51-33-40(68(4,5)6)31-45(38-22-12-8-13-23-38)64(51)76-55-36-54(75-63)56(69)60(72)57(55)70/h7-36H,1-6H3. The molecule has 7 heterocycles. The Kier molecular flexibility index (Phi) is 8.10. The Morgan fingerprint density at radius 1 is 0.368 bits per heavy atom. The third kappa shape index (κ3) is 5.48. The van der Waals surface area contributed by atoms with Crippen LogP contribution in [0.25, 0.3) is 66.1 Å². The van der Waals surface area contributed by atoms with Gasteiger partial charge in [-0.3, -0.25) is 0 Å². The maximum atomic E-state index is 7.65. The van der Waals surface area contributed by atoms with Crippen LogP contribution in [0.5, 0.6) is 23.0 Å². The first-order valence-corrected chi connectivity index (χ1v) is 26.6. The minimum Gasteiger partial charge on any atom is -0.458 e. The van der Waals surface area contributed by atoms with Gasteiger partial charge in [0.15, 0.2) is 11.2 Å². The van der Waals surface area contributed by atoms with Crippen molar-refractivity contribution in [1.29, 1.82) is 0 Å². The second-order valence-electron chi connectivity index (χ2n) is 23.5. The molecule has 17 rings (SSSR count). The molecule has 2 aromatic heterocycles. The van der Waals surface area contributed by atoms with Crippen molar-refractivity contribution < 1.29 is 18.3 Å². The Morgan fingerprint density at radius 2 is 0.789 bits per heavy atom. The predicted octanol–water partition coefficient (Wildman–Crippen LogP) is 14.5. The first-order chi connectivity index (χ1) is 37.0. The summed E-state index contributed by atoms with van der Waals surface area (Å²) < 4.78 is 29.9. The van der Waals surface area contributed by atoms with Crippen LogP contribution < -0.4 is 52.1 Å². The van der Waals surface area contributed by atoms with Crippen LogP contribution in [0.2, 0.25) is 0 Å². The molecule has 0 spiro atoms. The van der Waals surface area contributed by atoms with Gasteiger partial charge in [0.25, 0.3) is 13.4 Å². The van der Waals surface area contributed by atoms with Crippen molar-refractivity contribution in [2.75, 3.05) is 9.80 Å². The molecule has 0 unspecified atom stereocenters. The van der Waals surface area contributed by atoms with E-state index in [2.05, 4.69) is 233 Å². The fourth-order valence-corrected chi connectivity index (χ4v) is 13.6. The number of hydrogen-bond donors (Lipinski definition) is 0. The molecule has 6 nitrogen and oxygen atoms in total. The quantitative estimate of drug-likeness (QED) is 0.164. The van der Waals surface area contributed by atoms with E-state index >= 15 is 0 Å². The number of anilines is 6. The van der Waals surface area contributed by atoms with Gasteiger partial charge in [0.05, 0.1) is 11.4 Å². The van der Waals surface area contributed by atoms with E-state index in [-0.39, 0.29) is 24.3 Å². The molecule has 0 saturated carbocycles. The number of rotatable bonds is 3. The summed E-state index contributed by atoms with van der Waals surface area (Å²) in [5, 5.41) is 4.27. The van der Waals surface area contributed by atoms with Gasteiger partial charge in [0.1, 0.15) is 45.5 Å². The molecule has 360 valence electrons. The summed E-state index contributed by atoms with van der Waals surface area (Å²) in [6, 6.07) is 66.1.